The highest BCUT2D eigenvalue weighted by atomic mass is 35.5. The largest absolute Gasteiger partial charge is 0.482 e. The molecule has 0 aliphatic carbocycles. The molecule has 1 aromatic heterocycles. The van der Waals surface area contributed by atoms with Crippen LogP contribution in [0, 0.1) is 6.92 Å². The van der Waals surface area contributed by atoms with Gasteiger partial charge in [-0.05, 0) is 13.1 Å². The third kappa shape index (κ3) is 3.00. The van der Waals surface area contributed by atoms with E-state index >= 15 is 0 Å². The van der Waals surface area contributed by atoms with Crippen molar-refractivity contribution < 1.29 is 9.15 Å². The molecule has 0 aliphatic rings. The minimum atomic E-state index is 0.210. The lowest BCUT2D eigenvalue weighted by Crippen LogP contribution is -2.08. The number of para-hydroxylation sites is 1. The van der Waals surface area contributed by atoms with Gasteiger partial charge in [0.05, 0.1) is 5.02 Å². The molecule has 0 saturated carbocycles. The van der Waals surface area contributed by atoms with Crippen molar-refractivity contribution in [3.63, 3.8) is 0 Å². The molecule has 1 heterocycles. The summed E-state index contributed by atoms with van der Waals surface area (Å²) in [4.78, 5) is 0. The summed E-state index contributed by atoms with van der Waals surface area (Å²) in [6, 6.07) is 5.63. The van der Waals surface area contributed by atoms with Gasteiger partial charge >= 0.3 is 0 Å². The van der Waals surface area contributed by atoms with E-state index in [9.17, 15) is 0 Å². The second kappa shape index (κ2) is 5.84. The van der Waals surface area contributed by atoms with Gasteiger partial charge in [-0.1, -0.05) is 23.7 Å². The molecule has 0 atom stereocenters. The van der Waals surface area contributed by atoms with Crippen molar-refractivity contribution in [3.05, 3.63) is 40.6 Å². The van der Waals surface area contributed by atoms with Crippen LogP contribution in [0.3, 0.4) is 0 Å². The maximum absolute atomic E-state index is 6.12. The minimum Gasteiger partial charge on any atom is -0.482 e. The first kappa shape index (κ1) is 12.9. The number of ether oxygens (including phenoxy) is 1. The van der Waals surface area contributed by atoms with Crippen LogP contribution in [-0.4, -0.2) is 17.2 Å². The minimum absolute atomic E-state index is 0.210. The highest BCUT2D eigenvalue weighted by Crippen LogP contribution is 2.29. The van der Waals surface area contributed by atoms with E-state index in [2.05, 4.69) is 15.5 Å². The molecule has 96 valence electrons. The summed E-state index contributed by atoms with van der Waals surface area (Å²) in [7, 11) is 1.87. The summed E-state index contributed by atoms with van der Waals surface area (Å²) in [6.45, 7) is 2.62. The van der Waals surface area contributed by atoms with E-state index in [0.29, 0.717) is 29.1 Å². The Bertz CT molecular complexity index is 528. The maximum Gasteiger partial charge on any atom is 0.253 e. The SMILES string of the molecule is CNCc1cccc(Cl)c1OCc1nnc(C)o1. The predicted molar refractivity (Wildman–Crippen MR) is 67.6 cm³/mol. The summed E-state index contributed by atoms with van der Waals surface area (Å²) in [5.41, 5.74) is 0.987. The fourth-order valence-corrected chi connectivity index (χ4v) is 1.82. The lowest BCUT2D eigenvalue weighted by Gasteiger charge is -2.11. The first-order chi connectivity index (χ1) is 8.70. The quantitative estimate of drug-likeness (QED) is 0.901. The number of nitrogens with zero attached hydrogens (tertiary/aromatic N) is 2. The number of hydrogen-bond acceptors (Lipinski definition) is 5. The van der Waals surface area contributed by atoms with Crippen LogP contribution in [0.1, 0.15) is 17.3 Å². The molecule has 2 aromatic rings. The summed E-state index contributed by atoms with van der Waals surface area (Å²) in [5.74, 6) is 1.59. The molecule has 0 amide bonds. The molecule has 0 aliphatic heterocycles. The third-order valence-corrected chi connectivity index (χ3v) is 2.62. The van der Waals surface area contributed by atoms with Crippen LogP contribution in [0.5, 0.6) is 5.75 Å². The summed E-state index contributed by atoms with van der Waals surface area (Å²) in [5, 5.41) is 11.2. The Hall–Kier alpha value is -1.59. The van der Waals surface area contributed by atoms with Gasteiger partial charge in [0.15, 0.2) is 6.61 Å². The first-order valence-corrected chi connectivity index (χ1v) is 5.92. The van der Waals surface area contributed by atoms with Crippen molar-refractivity contribution in [1.29, 1.82) is 0 Å². The van der Waals surface area contributed by atoms with Crippen molar-refractivity contribution in [2.24, 2.45) is 0 Å². The Balaban J connectivity index is 2.12. The fraction of sp³-hybridized carbons (Fsp3) is 0.333. The van der Waals surface area contributed by atoms with Gasteiger partial charge in [-0.3, -0.25) is 0 Å². The lowest BCUT2D eigenvalue weighted by molar-refractivity contribution is 0.258. The number of hydrogen-bond donors (Lipinski definition) is 1. The Morgan fingerprint density at radius 2 is 2.22 bits per heavy atom. The van der Waals surface area contributed by atoms with Crippen molar-refractivity contribution in [1.82, 2.24) is 15.5 Å². The van der Waals surface area contributed by atoms with Crippen LogP contribution < -0.4 is 10.1 Å². The van der Waals surface area contributed by atoms with Gasteiger partial charge in [-0.2, -0.15) is 0 Å². The second-order valence-electron chi connectivity index (χ2n) is 3.76. The molecule has 0 unspecified atom stereocenters. The number of benzene rings is 1. The van der Waals surface area contributed by atoms with Crippen LogP contribution in [0.15, 0.2) is 22.6 Å². The van der Waals surface area contributed by atoms with E-state index in [1.54, 1.807) is 13.0 Å². The smallest absolute Gasteiger partial charge is 0.253 e. The topological polar surface area (TPSA) is 60.2 Å². The van der Waals surface area contributed by atoms with Crippen LogP contribution >= 0.6 is 11.6 Å². The number of rotatable bonds is 5. The van der Waals surface area contributed by atoms with Gasteiger partial charge in [0.25, 0.3) is 5.89 Å². The number of aromatic nitrogens is 2. The van der Waals surface area contributed by atoms with Gasteiger partial charge in [-0.25, -0.2) is 0 Å². The third-order valence-electron chi connectivity index (χ3n) is 2.32. The zero-order valence-corrected chi connectivity index (χ0v) is 11.0. The molecule has 1 N–H and O–H groups in total. The summed E-state index contributed by atoms with van der Waals surface area (Å²) < 4.78 is 10.9. The zero-order chi connectivity index (χ0) is 13.0. The van der Waals surface area contributed by atoms with Crippen molar-refractivity contribution in [3.8, 4) is 5.75 Å². The number of aryl methyl sites for hydroxylation is 1. The Labute approximate surface area is 110 Å². The molecule has 0 saturated heterocycles. The average molecular weight is 268 g/mol. The zero-order valence-electron chi connectivity index (χ0n) is 10.2. The van der Waals surface area contributed by atoms with Crippen molar-refractivity contribution >= 4 is 11.6 Å². The molecular weight excluding hydrogens is 254 g/mol. The van der Waals surface area contributed by atoms with Gasteiger partial charge in [0, 0.05) is 19.0 Å². The van der Waals surface area contributed by atoms with Crippen molar-refractivity contribution in [2.45, 2.75) is 20.1 Å². The standard InChI is InChI=1S/C12H14ClN3O2/c1-8-15-16-11(18-8)7-17-12-9(6-14-2)4-3-5-10(12)13/h3-5,14H,6-7H2,1-2H3. The number of halogens is 1. The molecule has 5 nitrogen and oxygen atoms in total. The van der Waals surface area contributed by atoms with Gasteiger partial charge < -0.3 is 14.5 Å². The maximum atomic E-state index is 6.12. The molecule has 0 bridgehead atoms. The van der Waals surface area contributed by atoms with E-state index in [1.807, 2.05) is 19.2 Å². The van der Waals surface area contributed by atoms with E-state index in [4.69, 9.17) is 20.8 Å². The van der Waals surface area contributed by atoms with Gasteiger partial charge in [0.1, 0.15) is 5.75 Å². The van der Waals surface area contributed by atoms with E-state index in [-0.39, 0.29) is 6.61 Å². The van der Waals surface area contributed by atoms with Gasteiger partial charge in [-0.15, -0.1) is 10.2 Å². The normalized spacial score (nSPS) is 10.6. The Morgan fingerprint density at radius 3 is 2.89 bits per heavy atom. The van der Waals surface area contributed by atoms with Crippen LogP contribution in [0.4, 0.5) is 0 Å². The predicted octanol–water partition coefficient (Wildman–Crippen LogP) is 2.33. The van der Waals surface area contributed by atoms with Crippen LogP contribution in [0.2, 0.25) is 5.02 Å². The molecule has 0 radical (unpaired) electrons. The van der Waals surface area contributed by atoms with E-state index < -0.39 is 0 Å². The highest BCUT2D eigenvalue weighted by Gasteiger charge is 2.10. The summed E-state index contributed by atoms with van der Waals surface area (Å²) in [6.07, 6.45) is 0. The molecule has 1 aromatic carbocycles. The Kier molecular flexibility index (Phi) is 4.17. The summed E-state index contributed by atoms with van der Waals surface area (Å²) >= 11 is 6.12. The lowest BCUT2D eigenvalue weighted by atomic mass is 10.2. The molecule has 0 spiro atoms. The Morgan fingerprint density at radius 1 is 1.39 bits per heavy atom. The van der Waals surface area contributed by atoms with Crippen LogP contribution in [0.25, 0.3) is 0 Å². The highest BCUT2D eigenvalue weighted by molar-refractivity contribution is 6.32. The molecule has 2 rings (SSSR count). The second-order valence-corrected chi connectivity index (χ2v) is 4.17. The van der Waals surface area contributed by atoms with Crippen LogP contribution in [-0.2, 0) is 13.2 Å². The van der Waals surface area contributed by atoms with Crippen molar-refractivity contribution in [2.75, 3.05) is 7.05 Å². The fourth-order valence-electron chi connectivity index (χ4n) is 1.57. The van der Waals surface area contributed by atoms with E-state index in [1.165, 1.54) is 0 Å². The number of nitrogens with one attached hydrogen (secondary N) is 1. The molecular formula is C12H14ClN3O2. The van der Waals surface area contributed by atoms with E-state index in [0.717, 1.165) is 5.56 Å². The monoisotopic (exact) mass is 267 g/mol. The molecule has 6 heteroatoms. The molecule has 0 fully saturated rings. The van der Waals surface area contributed by atoms with Gasteiger partial charge in [0.2, 0.25) is 5.89 Å². The first-order valence-electron chi connectivity index (χ1n) is 5.54. The molecule has 18 heavy (non-hydrogen) atoms. The average Bonchev–Trinajstić information content (AvgIpc) is 2.75.